The van der Waals surface area contributed by atoms with Crippen molar-refractivity contribution >= 4 is 17.5 Å². The molecule has 194 valence electrons. The van der Waals surface area contributed by atoms with E-state index >= 15 is 0 Å². The smallest absolute Gasteiger partial charge is 0.437 e. The van der Waals surface area contributed by atoms with Crippen LogP contribution in [0.5, 0.6) is 17.4 Å². The molecule has 0 spiro atoms. The number of aliphatic hydroxyl groups excluding tert-OH is 1. The molecule has 1 aromatic heterocycles. The minimum atomic E-state index is -4.99. The number of ether oxygens (including phenoxy) is 2. The maximum absolute atomic E-state index is 13.3. The monoisotopic (exact) mass is 539 g/mol. The number of rotatable bonds is 10. The zero-order chi connectivity index (χ0) is 26.5. The summed E-state index contributed by atoms with van der Waals surface area (Å²) in [7, 11) is 0. The lowest BCUT2D eigenvalue weighted by molar-refractivity contribution is -0.253. The van der Waals surface area contributed by atoms with E-state index in [-0.39, 0.29) is 28.2 Å². The molecule has 1 atom stereocenters. The van der Waals surface area contributed by atoms with E-state index in [0.29, 0.717) is 0 Å². The van der Waals surface area contributed by atoms with Crippen LogP contribution in [0.15, 0.2) is 60.8 Å². The molecule has 0 aliphatic carbocycles. The van der Waals surface area contributed by atoms with Gasteiger partial charge in [-0.25, -0.2) is 4.98 Å². The van der Waals surface area contributed by atoms with Gasteiger partial charge in [-0.2, -0.15) is 35.7 Å². The van der Waals surface area contributed by atoms with Crippen molar-refractivity contribution in [2.45, 2.75) is 31.4 Å². The fourth-order valence-electron chi connectivity index (χ4n) is 2.84. The molecular weight excluding hydrogens is 523 g/mol. The summed E-state index contributed by atoms with van der Waals surface area (Å²) in [5, 5.41) is 9.86. The Bertz CT molecular complexity index is 1170. The molecule has 1 unspecified atom stereocenters. The third-order valence-corrected chi connectivity index (χ3v) is 4.81. The van der Waals surface area contributed by atoms with E-state index in [0.717, 1.165) is 17.0 Å². The van der Waals surface area contributed by atoms with Gasteiger partial charge in [-0.3, -0.25) is 0 Å². The van der Waals surface area contributed by atoms with Gasteiger partial charge in [0.25, 0.3) is 0 Å². The highest BCUT2D eigenvalue weighted by atomic mass is 35.5. The Labute approximate surface area is 204 Å². The Morgan fingerprint density at radius 1 is 1.00 bits per heavy atom. The number of para-hydroxylation sites is 1. The number of anilines is 1. The van der Waals surface area contributed by atoms with Crippen molar-refractivity contribution < 1.29 is 45.3 Å². The second-order valence-electron chi connectivity index (χ2n) is 7.28. The number of halogens is 8. The molecule has 14 heteroatoms. The Balaban J connectivity index is 1.89. The average Bonchev–Trinajstić information content (AvgIpc) is 2.79. The molecule has 0 aliphatic rings. The number of alkyl halides is 7. The molecule has 6 nitrogen and oxygen atoms in total. The molecule has 0 fully saturated rings. The maximum Gasteiger partial charge on any atom is 0.461 e. The summed E-state index contributed by atoms with van der Waals surface area (Å²) in [6.45, 7) is -1.49. The highest BCUT2D eigenvalue weighted by molar-refractivity contribution is 6.32. The van der Waals surface area contributed by atoms with E-state index in [2.05, 4.69) is 14.7 Å². The first-order chi connectivity index (χ1) is 16.8. The van der Waals surface area contributed by atoms with Gasteiger partial charge < -0.3 is 19.5 Å². The van der Waals surface area contributed by atoms with Gasteiger partial charge in [0.2, 0.25) is 11.8 Å². The summed E-state index contributed by atoms with van der Waals surface area (Å²) in [6, 6.07) is 12.1. The van der Waals surface area contributed by atoms with Crippen LogP contribution in [0.3, 0.4) is 0 Å². The van der Waals surface area contributed by atoms with E-state index in [4.69, 9.17) is 16.3 Å². The van der Waals surface area contributed by atoms with Crippen molar-refractivity contribution in [2.75, 3.05) is 11.4 Å². The second kappa shape index (κ2) is 11.2. The van der Waals surface area contributed by atoms with Gasteiger partial charge in [-0.1, -0.05) is 35.9 Å². The summed E-state index contributed by atoms with van der Waals surface area (Å²) in [4.78, 5) is 8.87. The lowest BCUT2D eigenvalue weighted by atomic mass is 10.2. The van der Waals surface area contributed by atoms with Crippen LogP contribution < -0.4 is 14.4 Å². The third kappa shape index (κ3) is 7.34. The molecule has 0 saturated carbocycles. The van der Waals surface area contributed by atoms with Gasteiger partial charge >= 0.3 is 18.7 Å². The highest BCUT2D eigenvalue weighted by Gasteiger charge is 2.44. The minimum Gasteiger partial charge on any atom is -0.437 e. The van der Waals surface area contributed by atoms with Crippen LogP contribution in [0.1, 0.15) is 5.56 Å². The summed E-state index contributed by atoms with van der Waals surface area (Å²) in [5.74, 6) is -0.846. The Morgan fingerprint density at radius 3 is 2.39 bits per heavy atom. The predicted molar refractivity (Wildman–Crippen MR) is 115 cm³/mol. The maximum atomic E-state index is 13.3. The van der Waals surface area contributed by atoms with Crippen LogP contribution in [0, 0.1) is 0 Å². The van der Waals surface area contributed by atoms with Gasteiger partial charge in [-0.15, -0.1) is 0 Å². The molecule has 2 aromatic carbocycles. The van der Waals surface area contributed by atoms with E-state index in [1.165, 1.54) is 36.5 Å². The number of nitrogens with zero attached hydrogens (tertiary/aromatic N) is 3. The van der Waals surface area contributed by atoms with Gasteiger partial charge in [0, 0.05) is 18.8 Å². The van der Waals surface area contributed by atoms with Crippen LogP contribution in [0.4, 0.5) is 36.7 Å². The molecule has 0 bridgehead atoms. The molecule has 3 rings (SSSR count). The van der Waals surface area contributed by atoms with Crippen molar-refractivity contribution in [1.82, 2.24) is 9.97 Å². The summed E-state index contributed by atoms with van der Waals surface area (Å²) in [5.41, 5.74) is 0.0768. The van der Waals surface area contributed by atoms with Gasteiger partial charge in [-0.05, 0) is 29.8 Å². The number of hydrogen-bond acceptors (Lipinski definition) is 6. The van der Waals surface area contributed by atoms with Crippen LogP contribution >= 0.6 is 11.6 Å². The fraction of sp³-hybridized carbons (Fsp3) is 0.273. The Hall–Kier alpha value is -3.32. The zero-order valence-corrected chi connectivity index (χ0v) is 18.7. The minimum absolute atomic E-state index is 0.0768. The number of aromatic nitrogens is 2. The molecule has 0 amide bonds. The first-order valence-corrected chi connectivity index (χ1v) is 10.4. The quantitative estimate of drug-likeness (QED) is 0.315. The molecule has 0 aliphatic heterocycles. The molecule has 1 heterocycles. The van der Waals surface area contributed by atoms with Crippen molar-refractivity contribution in [3.05, 3.63) is 71.4 Å². The van der Waals surface area contributed by atoms with Crippen LogP contribution in [-0.2, 0) is 6.54 Å². The third-order valence-electron chi connectivity index (χ3n) is 4.50. The largest absolute Gasteiger partial charge is 0.461 e. The molecule has 1 N–H and O–H groups in total. The molecule has 0 radical (unpaired) electrons. The number of aliphatic hydroxyl groups is 1. The fourth-order valence-corrected chi connectivity index (χ4v) is 3.01. The van der Waals surface area contributed by atoms with Crippen LogP contribution in [0.25, 0.3) is 0 Å². The van der Waals surface area contributed by atoms with Crippen molar-refractivity contribution in [1.29, 1.82) is 0 Å². The van der Waals surface area contributed by atoms with Gasteiger partial charge in [0.15, 0.2) is 6.10 Å². The second-order valence-corrected chi connectivity index (χ2v) is 7.68. The Kier molecular flexibility index (Phi) is 8.46. The van der Waals surface area contributed by atoms with E-state index < -0.39 is 43.7 Å². The summed E-state index contributed by atoms with van der Waals surface area (Å²) in [6.07, 6.45) is -15.5. The molecule has 3 aromatic rings. The normalized spacial score (nSPS) is 12.9. The van der Waals surface area contributed by atoms with E-state index in [1.54, 1.807) is 12.1 Å². The van der Waals surface area contributed by atoms with Crippen molar-refractivity contribution in [3.8, 4) is 17.4 Å². The molecule has 0 saturated heterocycles. The summed E-state index contributed by atoms with van der Waals surface area (Å²) < 4.78 is 100. The SMILES string of the molecule is OC(CN(Cc1cccc(OC(F)(F)C(F)F)c1)c1nccc(Oc2ccccc2Cl)n1)C(F)(F)F. The lowest BCUT2D eigenvalue weighted by Gasteiger charge is -2.27. The van der Waals surface area contributed by atoms with Crippen molar-refractivity contribution in [2.24, 2.45) is 0 Å². The van der Waals surface area contributed by atoms with Crippen LogP contribution in [-0.4, -0.2) is 46.4 Å². The molecular formula is C22H17ClF7N3O3. The molecule has 36 heavy (non-hydrogen) atoms. The van der Waals surface area contributed by atoms with Gasteiger partial charge in [0.05, 0.1) is 11.6 Å². The van der Waals surface area contributed by atoms with E-state index in [9.17, 15) is 35.8 Å². The standard InChI is InChI=1S/C22H17ClF7N3O3/c23-15-6-1-2-7-16(15)35-18-8-9-31-20(32-18)33(12-17(34)21(26,27)28)11-13-4-3-5-14(10-13)36-22(29,30)19(24)25/h1-10,17,19,34H,11-12H2. The highest BCUT2D eigenvalue weighted by Crippen LogP contribution is 2.31. The van der Waals surface area contributed by atoms with Gasteiger partial charge in [0.1, 0.15) is 11.5 Å². The first kappa shape index (κ1) is 27.3. The lowest BCUT2D eigenvalue weighted by Crippen LogP contribution is -2.41. The first-order valence-electron chi connectivity index (χ1n) is 10.0. The topological polar surface area (TPSA) is 67.7 Å². The number of benzene rings is 2. The zero-order valence-electron chi connectivity index (χ0n) is 18.0. The average molecular weight is 540 g/mol. The summed E-state index contributed by atoms with van der Waals surface area (Å²) >= 11 is 6.03. The Morgan fingerprint density at radius 2 is 1.72 bits per heavy atom. The number of hydrogen-bond donors (Lipinski definition) is 1. The van der Waals surface area contributed by atoms with Crippen molar-refractivity contribution in [3.63, 3.8) is 0 Å². The predicted octanol–water partition coefficient (Wildman–Crippen LogP) is 6.09. The van der Waals surface area contributed by atoms with E-state index in [1.807, 2.05) is 0 Å². The van der Waals surface area contributed by atoms with Crippen LogP contribution in [0.2, 0.25) is 5.02 Å².